The van der Waals surface area contributed by atoms with Gasteiger partial charge in [0.05, 0.1) is 0 Å². The van der Waals surface area contributed by atoms with E-state index >= 15 is 0 Å². The molecule has 0 aromatic heterocycles. The SMILES string of the molecule is Cl.Cl.O.[Cl-].[Cl-].[Zn+2]. The first-order chi connectivity index (χ1) is 0. The fraction of sp³-hybridized carbons (Fsp3) is 0. The summed E-state index contributed by atoms with van der Waals surface area (Å²) in [5.74, 6) is 0. The summed E-state index contributed by atoms with van der Waals surface area (Å²) in [6.45, 7) is 0. The van der Waals surface area contributed by atoms with Crippen molar-refractivity contribution in [2.24, 2.45) is 0 Å². The smallest absolute Gasteiger partial charge is 1.00 e. The molecule has 0 atom stereocenters. The molecule has 0 fully saturated rings. The van der Waals surface area contributed by atoms with Crippen molar-refractivity contribution in [3.8, 4) is 0 Å². The molecule has 0 amide bonds. The molecule has 2 N–H and O–H groups in total. The third kappa shape index (κ3) is 42.5. The van der Waals surface area contributed by atoms with Crippen LogP contribution in [0.5, 0.6) is 0 Å². The van der Waals surface area contributed by atoms with Crippen molar-refractivity contribution in [3.05, 3.63) is 0 Å². The fourth-order valence-electron chi connectivity index (χ4n) is 0. The van der Waals surface area contributed by atoms with Gasteiger partial charge in [-0.1, -0.05) is 0 Å². The minimum absolute atomic E-state index is 0. The van der Waals surface area contributed by atoms with Crippen LogP contribution in [0.1, 0.15) is 0 Å². The van der Waals surface area contributed by atoms with Gasteiger partial charge in [-0.2, -0.15) is 0 Å². The Morgan fingerprint density at radius 1 is 0.667 bits per heavy atom. The first-order valence-electron chi connectivity index (χ1n) is 0. The van der Waals surface area contributed by atoms with Gasteiger partial charge in [0, 0.05) is 0 Å². The van der Waals surface area contributed by atoms with Crippen LogP contribution in [-0.2, 0) is 19.5 Å². The van der Waals surface area contributed by atoms with Crippen molar-refractivity contribution < 1.29 is 49.8 Å². The van der Waals surface area contributed by atoms with E-state index < -0.39 is 0 Å². The second kappa shape index (κ2) is 73.2. The molecule has 0 saturated heterocycles. The van der Waals surface area contributed by atoms with Crippen LogP contribution < -0.4 is 24.8 Å². The molecule has 6 heteroatoms. The van der Waals surface area contributed by atoms with Gasteiger partial charge in [0.15, 0.2) is 0 Å². The fourth-order valence-corrected chi connectivity index (χ4v) is 0. The van der Waals surface area contributed by atoms with E-state index in [-0.39, 0.29) is 74.6 Å². The Hall–Kier alpha value is 1.74. The third-order valence-electron chi connectivity index (χ3n) is 0. The largest absolute Gasteiger partial charge is 2.00 e. The monoisotopic (exact) mass is 224 g/mol. The molecule has 0 aliphatic rings. The van der Waals surface area contributed by atoms with E-state index in [1.54, 1.807) is 0 Å². The zero-order valence-electron chi connectivity index (χ0n) is 2.78. The van der Waals surface area contributed by atoms with E-state index in [9.17, 15) is 0 Å². The van der Waals surface area contributed by atoms with Gasteiger partial charge in [0.1, 0.15) is 0 Å². The van der Waals surface area contributed by atoms with E-state index in [0.717, 1.165) is 0 Å². The van der Waals surface area contributed by atoms with Crippen LogP contribution in [0, 0.1) is 0 Å². The Kier molecular flexibility index (Phi) is 1410. The standard InChI is InChI=1S/4ClH.H2O.Zn/h4*1H;1H2;/q;;;;;+2/p-2. The van der Waals surface area contributed by atoms with Crippen molar-refractivity contribution in [2.75, 3.05) is 0 Å². The summed E-state index contributed by atoms with van der Waals surface area (Å²) >= 11 is 0. The van der Waals surface area contributed by atoms with Crippen molar-refractivity contribution in [2.45, 2.75) is 0 Å². The number of rotatable bonds is 0. The predicted octanol–water partition coefficient (Wildman–Crippen LogP) is -5.98. The Balaban J connectivity index is 0. The topological polar surface area (TPSA) is 31.5 Å². The summed E-state index contributed by atoms with van der Waals surface area (Å²) in [7, 11) is 0. The van der Waals surface area contributed by atoms with Gasteiger partial charge in [0.2, 0.25) is 0 Å². The predicted molar refractivity (Wildman–Crippen MR) is 18.1 cm³/mol. The summed E-state index contributed by atoms with van der Waals surface area (Å²) in [6.07, 6.45) is 0. The quantitative estimate of drug-likeness (QED) is 0.369. The second-order valence-corrected chi connectivity index (χ2v) is 0. The Labute approximate surface area is 74.3 Å². The van der Waals surface area contributed by atoms with E-state index in [1.807, 2.05) is 0 Å². The maximum Gasteiger partial charge on any atom is 2.00 e. The van der Waals surface area contributed by atoms with Crippen molar-refractivity contribution in [1.29, 1.82) is 0 Å². The summed E-state index contributed by atoms with van der Waals surface area (Å²) in [5.41, 5.74) is 0. The molecule has 0 heterocycles. The Bertz CT molecular complexity index is 7.51. The third-order valence-corrected chi connectivity index (χ3v) is 0. The van der Waals surface area contributed by atoms with Crippen LogP contribution in [-0.4, -0.2) is 5.48 Å². The Morgan fingerprint density at radius 2 is 0.667 bits per heavy atom. The van der Waals surface area contributed by atoms with E-state index in [0.29, 0.717) is 0 Å². The van der Waals surface area contributed by atoms with Crippen molar-refractivity contribution in [1.82, 2.24) is 0 Å². The molecule has 0 rings (SSSR count). The van der Waals surface area contributed by atoms with Gasteiger partial charge >= 0.3 is 19.5 Å². The second-order valence-electron chi connectivity index (χ2n) is 0. The maximum atomic E-state index is 0. The molecule has 0 aliphatic carbocycles. The average Bonchev–Trinajstić information content (AvgIpc) is 0. The van der Waals surface area contributed by atoms with Crippen LogP contribution in [0.4, 0.5) is 0 Å². The molecular formula is H4Cl4OZn. The molecule has 0 bridgehead atoms. The summed E-state index contributed by atoms with van der Waals surface area (Å²) in [5, 5.41) is 0. The van der Waals surface area contributed by atoms with Gasteiger partial charge in [-0.25, -0.2) is 0 Å². The Morgan fingerprint density at radius 3 is 0.667 bits per heavy atom. The van der Waals surface area contributed by atoms with Gasteiger partial charge in [-0.15, -0.1) is 24.8 Å². The zero-order chi connectivity index (χ0) is 0. The summed E-state index contributed by atoms with van der Waals surface area (Å²) in [6, 6.07) is 0. The van der Waals surface area contributed by atoms with Crippen molar-refractivity contribution >= 4 is 24.8 Å². The molecule has 0 radical (unpaired) electrons. The van der Waals surface area contributed by atoms with Gasteiger partial charge in [-0.05, 0) is 0 Å². The first kappa shape index (κ1) is 116. The number of hydrogen-bond donors (Lipinski definition) is 0. The van der Waals surface area contributed by atoms with E-state index in [4.69, 9.17) is 0 Å². The molecule has 6 heavy (non-hydrogen) atoms. The summed E-state index contributed by atoms with van der Waals surface area (Å²) < 4.78 is 0. The molecule has 0 unspecified atom stereocenters. The van der Waals surface area contributed by atoms with Gasteiger partial charge in [0.25, 0.3) is 0 Å². The normalized spacial score (nSPS) is 0. The molecule has 1 nitrogen and oxygen atoms in total. The molecule has 0 aromatic rings. The minimum Gasteiger partial charge on any atom is -1.00 e. The van der Waals surface area contributed by atoms with Gasteiger partial charge in [-0.3, -0.25) is 0 Å². The number of hydrogen-bond acceptors (Lipinski definition) is 0. The number of halogens is 4. The van der Waals surface area contributed by atoms with Crippen LogP contribution >= 0.6 is 24.8 Å². The van der Waals surface area contributed by atoms with Crippen LogP contribution in [0.25, 0.3) is 0 Å². The van der Waals surface area contributed by atoms with E-state index in [2.05, 4.69) is 0 Å². The molecule has 0 aromatic carbocycles. The maximum absolute atomic E-state index is 0. The minimum atomic E-state index is 0. The van der Waals surface area contributed by atoms with Crippen LogP contribution in [0.3, 0.4) is 0 Å². The average molecular weight is 227 g/mol. The van der Waals surface area contributed by atoms with E-state index in [1.165, 1.54) is 0 Å². The molecule has 0 spiro atoms. The summed E-state index contributed by atoms with van der Waals surface area (Å²) in [4.78, 5) is 0. The first-order valence-corrected chi connectivity index (χ1v) is 0. The molecule has 0 aliphatic heterocycles. The molecular weight excluding hydrogens is 223 g/mol. The van der Waals surface area contributed by atoms with Gasteiger partial charge < -0.3 is 30.3 Å². The van der Waals surface area contributed by atoms with Crippen LogP contribution in [0.2, 0.25) is 0 Å². The molecule has 0 saturated carbocycles. The van der Waals surface area contributed by atoms with Crippen molar-refractivity contribution in [3.63, 3.8) is 0 Å². The van der Waals surface area contributed by atoms with Crippen LogP contribution in [0.15, 0.2) is 0 Å². The molecule has 40 valence electrons. The zero-order valence-corrected chi connectivity index (χ0v) is 8.89.